The van der Waals surface area contributed by atoms with Gasteiger partial charge in [0, 0.05) is 13.1 Å². The third-order valence-corrected chi connectivity index (χ3v) is 2.77. The zero-order chi connectivity index (χ0) is 13.8. The Hall–Kier alpha value is -2.37. The summed E-state index contributed by atoms with van der Waals surface area (Å²) in [5.74, 6) is 0.316. The van der Waals surface area contributed by atoms with Crippen molar-refractivity contribution in [2.24, 2.45) is 7.05 Å². The Kier molecular flexibility index (Phi) is 3.79. The van der Waals surface area contributed by atoms with Gasteiger partial charge in [-0.1, -0.05) is 30.3 Å². The Morgan fingerprint density at radius 3 is 2.74 bits per heavy atom. The molecular weight excluding hydrogens is 244 g/mol. The van der Waals surface area contributed by atoms with Crippen molar-refractivity contribution in [3.05, 3.63) is 52.2 Å². The second kappa shape index (κ2) is 5.51. The first kappa shape index (κ1) is 13.1. The maximum absolute atomic E-state index is 10.9. The highest BCUT2D eigenvalue weighted by Crippen LogP contribution is 2.22. The van der Waals surface area contributed by atoms with Crippen LogP contribution >= 0.6 is 0 Å². The van der Waals surface area contributed by atoms with E-state index in [0.717, 1.165) is 6.42 Å². The number of aryl methyl sites for hydroxylation is 1. The lowest BCUT2D eigenvalue weighted by Gasteiger charge is -2.12. The Balaban J connectivity index is 2.07. The summed E-state index contributed by atoms with van der Waals surface area (Å²) in [5.41, 5.74) is 1.18. The van der Waals surface area contributed by atoms with Gasteiger partial charge in [-0.05, 0) is 18.9 Å². The van der Waals surface area contributed by atoms with Crippen LogP contribution in [0.5, 0.6) is 0 Å². The zero-order valence-electron chi connectivity index (χ0n) is 10.9. The van der Waals surface area contributed by atoms with E-state index in [-0.39, 0.29) is 11.7 Å². The highest BCUT2D eigenvalue weighted by molar-refractivity contribution is 5.55. The Labute approximate surface area is 111 Å². The van der Waals surface area contributed by atoms with Crippen LogP contribution < -0.4 is 5.32 Å². The third kappa shape index (κ3) is 3.31. The van der Waals surface area contributed by atoms with Gasteiger partial charge in [0.15, 0.2) is 0 Å². The lowest BCUT2D eigenvalue weighted by atomic mass is 10.1. The molecule has 0 aliphatic carbocycles. The number of hydrogen-bond acceptors (Lipinski definition) is 4. The Morgan fingerprint density at radius 2 is 2.11 bits per heavy atom. The fourth-order valence-electron chi connectivity index (χ4n) is 1.96. The molecule has 100 valence electrons. The second-order valence-corrected chi connectivity index (χ2v) is 4.53. The predicted molar refractivity (Wildman–Crippen MR) is 73.1 cm³/mol. The van der Waals surface area contributed by atoms with Crippen molar-refractivity contribution in [1.29, 1.82) is 0 Å². The molecule has 2 aromatic rings. The molecule has 1 N–H and O–H groups in total. The zero-order valence-corrected chi connectivity index (χ0v) is 10.9. The molecular formula is C13H16N4O2. The van der Waals surface area contributed by atoms with Crippen molar-refractivity contribution in [1.82, 2.24) is 9.78 Å². The summed E-state index contributed by atoms with van der Waals surface area (Å²) < 4.78 is 1.44. The fraction of sp³-hybridized carbons (Fsp3) is 0.308. The molecule has 1 aromatic heterocycles. The summed E-state index contributed by atoms with van der Waals surface area (Å²) in [6.07, 6.45) is 2.19. The third-order valence-electron chi connectivity index (χ3n) is 2.77. The number of anilines is 1. The van der Waals surface area contributed by atoms with Crippen LogP contribution in [0.4, 0.5) is 11.5 Å². The van der Waals surface area contributed by atoms with Crippen molar-refractivity contribution in [3.63, 3.8) is 0 Å². The van der Waals surface area contributed by atoms with Crippen molar-refractivity contribution in [3.8, 4) is 0 Å². The van der Waals surface area contributed by atoms with E-state index in [9.17, 15) is 10.1 Å². The topological polar surface area (TPSA) is 73.0 Å². The average Bonchev–Trinajstić information content (AvgIpc) is 2.71. The van der Waals surface area contributed by atoms with Crippen LogP contribution in [0, 0.1) is 10.1 Å². The van der Waals surface area contributed by atoms with Gasteiger partial charge in [-0.2, -0.15) is 0 Å². The first-order valence-electron chi connectivity index (χ1n) is 6.04. The van der Waals surface area contributed by atoms with Crippen LogP contribution in [0.1, 0.15) is 12.5 Å². The van der Waals surface area contributed by atoms with Crippen LogP contribution in [0.2, 0.25) is 0 Å². The summed E-state index contributed by atoms with van der Waals surface area (Å²) in [7, 11) is 1.67. The van der Waals surface area contributed by atoms with Crippen molar-refractivity contribution >= 4 is 11.5 Å². The fourth-order valence-corrected chi connectivity index (χ4v) is 1.96. The molecule has 0 spiro atoms. The molecule has 19 heavy (non-hydrogen) atoms. The largest absolute Gasteiger partial charge is 0.360 e. The minimum atomic E-state index is -0.426. The van der Waals surface area contributed by atoms with Crippen molar-refractivity contribution in [2.75, 3.05) is 5.32 Å². The molecule has 1 aromatic carbocycles. The smallest absolute Gasteiger partial charge is 0.330 e. The van der Waals surface area contributed by atoms with E-state index in [1.165, 1.54) is 16.4 Å². The molecule has 0 aliphatic rings. The van der Waals surface area contributed by atoms with Crippen molar-refractivity contribution in [2.45, 2.75) is 19.4 Å². The molecule has 0 aliphatic heterocycles. The predicted octanol–water partition coefficient (Wildman–Crippen LogP) is 2.37. The highest BCUT2D eigenvalue weighted by atomic mass is 16.6. The minimum absolute atomic E-state index is 0.00223. The minimum Gasteiger partial charge on any atom is -0.360 e. The molecule has 0 radical (unpaired) electrons. The van der Waals surface area contributed by atoms with E-state index in [4.69, 9.17) is 0 Å². The van der Waals surface area contributed by atoms with Crippen molar-refractivity contribution < 1.29 is 4.92 Å². The number of hydrogen-bond donors (Lipinski definition) is 1. The number of nitrogens with zero attached hydrogens (tertiary/aromatic N) is 3. The monoisotopic (exact) mass is 260 g/mol. The molecule has 2 rings (SSSR count). The maximum Gasteiger partial charge on any atom is 0.330 e. The van der Waals surface area contributed by atoms with E-state index >= 15 is 0 Å². The lowest BCUT2D eigenvalue weighted by molar-refractivity contribution is -0.384. The molecule has 6 nitrogen and oxygen atoms in total. The summed E-state index contributed by atoms with van der Waals surface area (Å²) in [5, 5.41) is 18.1. The summed E-state index contributed by atoms with van der Waals surface area (Å²) in [6.45, 7) is 1.98. The molecule has 0 saturated heterocycles. The van der Waals surface area contributed by atoms with Gasteiger partial charge in [0.2, 0.25) is 5.82 Å². The normalized spacial score (nSPS) is 12.1. The van der Waals surface area contributed by atoms with Gasteiger partial charge in [0.05, 0.1) is 4.92 Å². The van der Waals surface area contributed by atoms with E-state index in [0.29, 0.717) is 5.82 Å². The lowest BCUT2D eigenvalue weighted by Crippen LogP contribution is -2.19. The van der Waals surface area contributed by atoms with Crippen LogP contribution in [0.15, 0.2) is 36.5 Å². The molecule has 1 heterocycles. The molecule has 0 bridgehead atoms. The second-order valence-electron chi connectivity index (χ2n) is 4.53. The summed E-state index contributed by atoms with van der Waals surface area (Å²) >= 11 is 0. The SMILES string of the molecule is CC(Cc1ccccc1)Nc1nn(C)cc1[N+](=O)[O-]. The quantitative estimate of drug-likeness (QED) is 0.661. The number of nitrogens with one attached hydrogen (secondary N) is 1. The van der Waals surface area contributed by atoms with Gasteiger partial charge in [0.1, 0.15) is 6.20 Å². The van der Waals surface area contributed by atoms with Gasteiger partial charge in [-0.3, -0.25) is 14.8 Å². The van der Waals surface area contributed by atoms with E-state index < -0.39 is 4.92 Å². The Morgan fingerprint density at radius 1 is 1.42 bits per heavy atom. The molecule has 6 heteroatoms. The molecule has 0 fully saturated rings. The number of nitro groups is 1. The molecule has 0 saturated carbocycles. The average molecular weight is 260 g/mol. The Bertz CT molecular complexity index is 565. The molecule has 1 atom stereocenters. The van der Waals surface area contributed by atoms with E-state index in [1.807, 2.05) is 37.3 Å². The molecule has 1 unspecified atom stereocenters. The van der Waals surface area contributed by atoms with E-state index in [1.54, 1.807) is 7.05 Å². The van der Waals surface area contributed by atoms with Gasteiger partial charge in [-0.15, -0.1) is 5.10 Å². The van der Waals surface area contributed by atoms with E-state index in [2.05, 4.69) is 10.4 Å². The number of benzene rings is 1. The van der Waals surface area contributed by atoms with Gasteiger partial charge in [-0.25, -0.2) is 0 Å². The number of aromatic nitrogens is 2. The van der Waals surface area contributed by atoms with Crippen LogP contribution in [0.3, 0.4) is 0 Å². The standard InChI is InChI=1S/C13H16N4O2/c1-10(8-11-6-4-3-5-7-11)14-13-12(17(18)19)9-16(2)15-13/h3-7,9-10H,8H2,1-2H3,(H,14,15). The van der Waals surface area contributed by atoms with Crippen LogP contribution in [0.25, 0.3) is 0 Å². The maximum atomic E-state index is 10.9. The van der Waals surface area contributed by atoms with Crippen LogP contribution in [-0.2, 0) is 13.5 Å². The summed E-state index contributed by atoms with van der Waals surface area (Å²) in [4.78, 5) is 10.5. The van der Waals surface area contributed by atoms with Gasteiger partial charge < -0.3 is 5.32 Å². The highest BCUT2D eigenvalue weighted by Gasteiger charge is 2.19. The first-order chi connectivity index (χ1) is 9.06. The van der Waals surface area contributed by atoms with Gasteiger partial charge >= 0.3 is 5.69 Å². The number of rotatable bonds is 5. The first-order valence-corrected chi connectivity index (χ1v) is 6.04. The van der Waals surface area contributed by atoms with Crippen LogP contribution in [-0.4, -0.2) is 20.7 Å². The van der Waals surface area contributed by atoms with Gasteiger partial charge in [0.25, 0.3) is 0 Å². The summed E-state index contributed by atoms with van der Waals surface area (Å²) in [6, 6.07) is 10.0. The molecule has 0 amide bonds.